The number of aromatic nitrogens is 1. The van der Waals surface area contributed by atoms with Gasteiger partial charge in [-0.05, 0) is 50.8 Å². The van der Waals surface area contributed by atoms with E-state index in [9.17, 15) is 4.79 Å². The van der Waals surface area contributed by atoms with Gasteiger partial charge in [-0.1, -0.05) is 6.07 Å². The standard InChI is InChI=1S/C17H21N3O2/c1-10-3-4-13(17-19-11(2)9-22-17)8-15(10)20-16(21)12-5-6-14(18)7-12/h3-4,8-9,12,14H,5-7,18H2,1-2H3,(H,20,21). The van der Waals surface area contributed by atoms with Crippen molar-refractivity contribution in [1.82, 2.24) is 4.98 Å². The minimum absolute atomic E-state index is 0.0158. The normalized spacial score (nSPS) is 21.0. The molecule has 0 aliphatic heterocycles. The molecule has 2 aromatic rings. The summed E-state index contributed by atoms with van der Waals surface area (Å²) in [5.41, 5.74) is 9.40. The molecule has 3 N–H and O–H groups in total. The van der Waals surface area contributed by atoms with Crippen LogP contribution in [0.15, 0.2) is 28.9 Å². The minimum Gasteiger partial charge on any atom is -0.444 e. The number of hydrogen-bond donors (Lipinski definition) is 2. The lowest BCUT2D eigenvalue weighted by Crippen LogP contribution is -2.23. The van der Waals surface area contributed by atoms with Crippen LogP contribution in [0.4, 0.5) is 5.69 Å². The molecule has 116 valence electrons. The lowest BCUT2D eigenvalue weighted by atomic mass is 10.1. The van der Waals surface area contributed by atoms with Crippen molar-refractivity contribution in [3.05, 3.63) is 35.7 Å². The monoisotopic (exact) mass is 299 g/mol. The van der Waals surface area contributed by atoms with Crippen LogP contribution in [0.1, 0.15) is 30.5 Å². The molecule has 0 radical (unpaired) electrons. The van der Waals surface area contributed by atoms with Crippen LogP contribution in [0.3, 0.4) is 0 Å². The summed E-state index contributed by atoms with van der Waals surface area (Å²) in [5.74, 6) is 0.634. The molecule has 22 heavy (non-hydrogen) atoms. The first kappa shape index (κ1) is 14.8. The van der Waals surface area contributed by atoms with Gasteiger partial charge in [0.05, 0.1) is 5.69 Å². The second kappa shape index (κ2) is 5.93. The Morgan fingerprint density at radius 2 is 2.18 bits per heavy atom. The Balaban J connectivity index is 1.79. The third kappa shape index (κ3) is 3.04. The highest BCUT2D eigenvalue weighted by molar-refractivity contribution is 5.94. The number of amides is 1. The highest BCUT2D eigenvalue weighted by Crippen LogP contribution is 2.28. The maximum absolute atomic E-state index is 12.4. The molecule has 1 saturated carbocycles. The molecular weight excluding hydrogens is 278 g/mol. The van der Waals surface area contributed by atoms with Gasteiger partial charge in [-0.2, -0.15) is 0 Å². The molecule has 1 aliphatic rings. The molecule has 1 heterocycles. The molecule has 2 atom stereocenters. The molecular formula is C17H21N3O2. The molecule has 0 bridgehead atoms. The van der Waals surface area contributed by atoms with Crippen LogP contribution in [0.2, 0.25) is 0 Å². The van der Waals surface area contributed by atoms with Crippen molar-refractivity contribution < 1.29 is 9.21 Å². The van der Waals surface area contributed by atoms with Crippen LogP contribution in [0, 0.1) is 19.8 Å². The van der Waals surface area contributed by atoms with Crippen LogP contribution in [0.25, 0.3) is 11.5 Å². The molecule has 1 aromatic heterocycles. The van der Waals surface area contributed by atoms with Crippen molar-refractivity contribution in [2.24, 2.45) is 11.7 Å². The first-order valence-electron chi connectivity index (χ1n) is 7.62. The molecule has 1 aromatic carbocycles. The fourth-order valence-electron chi connectivity index (χ4n) is 2.87. The Labute approximate surface area is 129 Å². The summed E-state index contributed by atoms with van der Waals surface area (Å²) in [5, 5.41) is 3.03. The van der Waals surface area contributed by atoms with E-state index in [4.69, 9.17) is 10.2 Å². The van der Waals surface area contributed by atoms with E-state index in [0.717, 1.165) is 41.8 Å². The zero-order valence-corrected chi connectivity index (χ0v) is 12.9. The van der Waals surface area contributed by atoms with Crippen molar-refractivity contribution >= 4 is 11.6 Å². The number of rotatable bonds is 3. The highest BCUT2D eigenvalue weighted by Gasteiger charge is 2.28. The summed E-state index contributed by atoms with van der Waals surface area (Å²) < 4.78 is 5.42. The second-order valence-electron chi connectivity index (χ2n) is 6.08. The maximum atomic E-state index is 12.4. The molecule has 1 fully saturated rings. The van der Waals surface area contributed by atoms with Crippen molar-refractivity contribution in [3.8, 4) is 11.5 Å². The predicted octanol–water partition coefficient (Wildman–Crippen LogP) is 3.02. The number of anilines is 1. The number of carbonyl (C=O) groups is 1. The number of nitrogens with one attached hydrogen (secondary N) is 1. The molecule has 0 spiro atoms. The molecule has 5 nitrogen and oxygen atoms in total. The SMILES string of the molecule is Cc1coc(-c2ccc(C)c(NC(=O)C3CCC(N)C3)c2)n1. The Morgan fingerprint density at radius 1 is 1.36 bits per heavy atom. The number of oxazole rings is 1. The Kier molecular flexibility index (Phi) is 3.98. The third-order valence-electron chi connectivity index (χ3n) is 4.21. The van der Waals surface area contributed by atoms with Crippen LogP contribution < -0.4 is 11.1 Å². The Morgan fingerprint density at radius 3 is 2.82 bits per heavy atom. The van der Waals surface area contributed by atoms with Gasteiger partial charge in [0.15, 0.2) is 0 Å². The Hall–Kier alpha value is -2.14. The summed E-state index contributed by atoms with van der Waals surface area (Å²) in [7, 11) is 0. The van der Waals surface area contributed by atoms with E-state index in [-0.39, 0.29) is 17.9 Å². The fraction of sp³-hybridized carbons (Fsp3) is 0.412. The summed E-state index contributed by atoms with van der Waals surface area (Å²) in [6, 6.07) is 5.97. The van der Waals surface area contributed by atoms with Gasteiger partial charge in [0.25, 0.3) is 0 Å². The summed E-state index contributed by atoms with van der Waals surface area (Å²) in [6.45, 7) is 3.85. The summed E-state index contributed by atoms with van der Waals surface area (Å²) in [6.07, 6.45) is 4.17. The van der Waals surface area contributed by atoms with E-state index in [1.165, 1.54) is 0 Å². The average molecular weight is 299 g/mol. The van der Waals surface area contributed by atoms with Gasteiger partial charge in [-0.3, -0.25) is 4.79 Å². The number of nitrogens with zero attached hydrogens (tertiary/aromatic N) is 1. The number of carbonyl (C=O) groups excluding carboxylic acids is 1. The van der Waals surface area contributed by atoms with Gasteiger partial charge in [0.1, 0.15) is 6.26 Å². The zero-order valence-electron chi connectivity index (χ0n) is 12.9. The average Bonchev–Trinajstić information content (AvgIpc) is 3.10. The second-order valence-corrected chi connectivity index (χ2v) is 6.08. The van der Waals surface area contributed by atoms with Gasteiger partial charge in [-0.15, -0.1) is 0 Å². The van der Waals surface area contributed by atoms with Gasteiger partial charge in [0, 0.05) is 23.2 Å². The highest BCUT2D eigenvalue weighted by atomic mass is 16.3. The lowest BCUT2D eigenvalue weighted by Gasteiger charge is -2.13. The zero-order chi connectivity index (χ0) is 15.7. The smallest absolute Gasteiger partial charge is 0.227 e. The van der Waals surface area contributed by atoms with Crippen LogP contribution in [0.5, 0.6) is 0 Å². The van der Waals surface area contributed by atoms with Crippen molar-refractivity contribution in [2.45, 2.75) is 39.2 Å². The van der Waals surface area contributed by atoms with Crippen molar-refractivity contribution in [1.29, 1.82) is 0 Å². The summed E-state index contributed by atoms with van der Waals surface area (Å²) in [4.78, 5) is 16.7. The third-order valence-corrected chi connectivity index (χ3v) is 4.21. The molecule has 2 unspecified atom stereocenters. The minimum atomic E-state index is 0.0158. The van der Waals surface area contributed by atoms with Crippen LogP contribution >= 0.6 is 0 Å². The lowest BCUT2D eigenvalue weighted by molar-refractivity contribution is -0.119. The first-order chi connectivity index (χ1) is 10.5. The molecule has 0 saturated heterocycles. The quantitative estimate of drug-likeness (QED) is 0.912. The number of nitrogens with two attached hydrogens (primary N) is 1. The number of hydrogen-bond acceptors (Lipinski definition) is 4. The van der Waals surface area contributed by atoms with Gasteiger partial charge in [0.2, 0.25) is 11.8 Å². The van der Waals surface area contributed by atoms with Crippen molar-refractivity contribution in [2.75, 3.05) is 5.32 Å². The van der Waals surface area contributed by atoms with E-state index >= 15 is 0 Å². The fourth-order valence-corrected chi connectivity index (χ4v) is 2.87. The number of benzene rings is 1. The van der Waals surface area contributed by atoms with Crippen LogP contribution in [-0.2, 0) is 4.79 Å². The molecule has 5 heteroatoms. The van der Waals surface area contributed by atoms with E-state index in [1.807, 2.05) is 32.0 Å². The van der Waals surface area contributed by atoms with E-state index in [0.29, 0.717) is 5.89 Å². The molecule has 1 aliphatic carbocycles. The van der Waals surface area contributed by atoms with E-state index in [1.54, 1.807) is 6.26 Å². The van der Waals surface area contributed by atoms with Gasteiger partial charge in [-0.25, -0.2) is 4.98 Å². The van der Waals surface area contributed by atoms with E-state index < -0.39 is 0 Å². The summed E-state index contributed by atoms with van der Waals surface area (Å²) >= 11 is 0. The molecule has 1 amide bonds. The topological polar surface area (TPSA) is 81.2 Å². The largest absolute Gasteiger partial charge is 0.444 e. The maximum Gasteiger partial charge on any atom is 0.227 e. The Bertz CT molecular complexity index is 693. The molecule has 3 rings (SSSR count). The van der Waals surface area contributed by atoms with E-state index in [2.05, 4.69) is 10.3 Å². The van der Waals surface area contributed by atoms with Crippen LogP contribution in [-0.4, -0.2) is 16.9 Å². The first-order valence-corrected chi connectivity index (χ1v) is 7.62. The van der Waals surface area contributed by atoms with Gasteiger partial charge >= 0.3 is 0 Å². The number of aryl methyl sites for hydroxylation is 2. The predicted molar refractivity (Wildman–Crippen MR) is 85.4 cm³/mol. The van der Waals surface area contributed by atoms with Crippen molar-refractivity contribution in [3.63, 3.8) is 0 Å². The van der Waals surface area contributed by atoms with Gasteiger partial charge < -0.3 is 15.5 Å².